The number of nitrogens with zero attached hydrogens (tertiary/aromatic N) is 1. The van der Waals surface area contributed by atoms with Crippen LogP contribution in [-0.2, 0) is 11.0 Å². The first kappa shape index (κ1) is 20.8. The molecule has 146 valence electrons. The van der Waals surface area contributed by atoms with Crippen molar-refractivity contribution in [1.29, 1.82) is 5.26 Å². The summed E-state index contributed by atoms with van der Waals surface area (Å²) >= 11 is 0. The number of carbonyl (C=O) groups is 2. The number of aromatic hydroxyl groups is 1. The zero-order valence-corrected chi connectivity index (χ0v) is 14.9. The summed E-state index contributed by atoms with van der Waals surface area (Å²) < 4.78 is 39.1. The lowest BCUT2D eigenvalue weighted by Crippen LogP contribution is -2.52. The van der Waals surface area contributed by atoms with Crippen LogP contribution >= 0.6 is 0 Å². The van der Waals surface area contributed by atoms with Gasteiger partial charge in [0.15, 0.2) is 0 Å². The van der Waals surface area contributed by atoms with Gasteiger partial charge in [-0.1, -0.05) is 12.1 Å². The molecular formula is C19H16F3N3O3. The van der Waals surface area contributed by atoms with Gasteiger partial charge in [-0.25, -0.2) is 0 Å². The van der Waals surface area contributed by atoms with Crippen molar-refractivity contribution < 1.29 is 27.9 Å². The second kappa shape index (κ2) is 7.60. The molecule has 6 nitrogen and oxygen atoms in total. The van der Waals surface area contributed by atoms with Gasteiger partial charge >= 0.3 is 6.18 Å². The molecule has 0 aromatic heterocycles. The van der Waals surface area contributed by atoms with Gasteiger partial charge in [0.1, 0.15) is 11.3 Å². The van der Waals surface area contributed by atoms with Crippen LogP contribution in [0.25, 0.3) is 0 Å². The van der Waals surface area contributed by atoms with Gasteiger partial charge in [0, 0.05) is 5.69 Å². The molecule has 28 heavy (non-hydrogen) atoms. The Morgan fingerprint density at radius 2 is 1.75 bits per heavy atom. The fourth-order valence-corrected chi connectivity index (χ4v) is 2.31. The molecule has 2 aromatic carbocycles. The van der Waals surface area contributed by atoms with E-state index in [0.717, 1.165) is 12.1 Å². The number of phenols is 1. The maximum absolute atomic E-state index is 13.0. The number of carbonyl (C=O) groups excluding carboxylic acids is 2. The van der Waals surface area contributed by atoms with Gasteiger partial charge in [-0.2, -0.15) is 18.4 Å². The Morgan fingerprint density at radius 3 is 2.32 bits per heavy atom. The number of rotatable bonds is 4. The number of phenolic OH excluding ortho intramolecular Hbond substituents is 1. The number of nitriles is 1. The molecule has 9 heteroatoms. The lowest BCUT2D eigenvalue weighted by Gasteiger charge is -2.25. The molecule has 0 aliphatic carbocycles. The number of amides is 2. The third kappa shape index (κ3) is 4.59. The van der Waals surface area contributed by atoms with Crippen molar-refractivity contribution in [2.75, 3.05) is 5.32 Å². The molecular weight excluding hydrogens is 375 g/mol. The Bertz CT molecular complexity index is 963. The Morgan fingerprint density at radius 1 is 1.11 bits per heavy atom. The molecule has 0 heterocycles. The highest BCUT2D eigenvalue weighted by molar-refractivity contribution is 6.04. The molecule has 0 aliphatic rings. The van der Waals surface area contributed by atoms with Crippen LogP contribution in [0, 0.1) is 11.3 Å². The lowest BCUT2D eigenvalue weighted by molar-refractivity contribution is -0.137. The van der Waals surface area contributed by atoms with Crippen LogP contribution in [0.4, 0.5) is 18.9 Å². The molecule has 3 N–H and O–H groups in total. The highest BCUT2D eigenvalue weighted by Crippen LogP contribution is 2.33. The van der Waals surface area contributed by atoms with Gasteiger partial charge in [0.2, 0.25) is 5.91 Å². The smallest absolute Gasteiger partial charge is 0.417 e. The van der Waals surface area contributed by atoms with E-state index in [2.05, 4.69) is 10.6 Å². The minimum Gasteiger partial charge on any atom is -0.507 e. The molecule has 0 unspecified atom stereocenters. The average Bonchev–Trinajstić information content (AvgIpc) is 2.60. The Balaban J connectivity index is 2.21. The summed E-state index contributed by atoms with van der Waals surface area (Å²) in [4.78, 5) is 24.7. The maximum atomic E-state index is 13.0. The van der Waals surface area contributed by atoms with Gasteiger partial charge in [0.05, 0.1) is 22.8 Å². The van der Waals surface area contributed by atoms with E-state index in [1.165, 1.54) is 44.2 Å². The maximum Gasteiger partial charge on any atom is 0.417 e. The van der Waals surface area contributed by atoms with E-state index in [1.54, 1.807) is 0 Å². The third-order valence-electron chi connectivity index (χ3n) is 3.85. The number of alkyl halides is 3. The summed E-state index contributed by atoms with van der Waals surface area (Å²) in [5, 5.41) is 23.2. The van der Waals surface area contributed by atoms with Gasteiger partial charge in [-0.05, 0) is 44.2 Å². The number of hydrogen-bond acceptors (Lipinski definition) is 4. The monoisotopic (exact) mass is 391 g/mol. The topological polar surface area (TPSA) is 102 Å². The van der Waals surface area contributed by atoms with Crippen molar-refractivity contribution in [3.8, 4) is 11.8 Å². The predicted molar refractivity (Wildman–Crippen MR) is 94.4 cm³/mol. The van der Waals surface area contributed by atoms with Crippen LogP contribution in [0.2, 0.25) is 0 Å². The molecule has 0 bridgehead atoms. The Hall–Kier alpha value is -3.54. The molecule has 2 amide bonds. The van der Waals surface area contributed by atoms with E-state index < -0.39 is 34.7 Å². The summed E-state index contributed by atoms with van der Waals surface area (Å²) in [7, 11) is 0. The molecule has 0 radical (unpaired) electrons. The number of hydrogen-bond donors (Lipinski definition) is 3. The number of anilines is 1. The van der Waals surface area contributed by atoms with E-state index >= 15 is 0 Å². The molecule has 0 saturated carbocycles. The average molecular weight is 391 g/mol. The quantitative estimate of drug-likeness (QED) is 0.743. The Labute approximate surface area is 158 Å². The summed E-state index contributed by atoms with van der Waals surface area (Å²) in [5.74, 6) is -1.79. The first-order valence-electron chi connectivity index (χ1n) is 7.99. The zero-order chi connectivity index (χ0) is 21.1. The minimum atomic E-state index is -4.76. The summed E-state index contributed by atoms with van der Waals surface area (Å²) in [6, 6.07) is 9.91. The molecule has 2 aromatic rings. The van der Waals surface area contributed by atoms with Crippen LogP contribution in [0.3, 0.4) is 0 Å². The van der Waals surface area contributed by atoms with E-state index in [1.807, 2.05) is 0 Å². The van der Waals surface area contributed by atoms with Crippen molar-refractivity contribution >= 4 is 17.5 Å². The fourth-order valence-electron chi connectivity index (χ4n) is 2.31. The summed E-state index contributed by atoms with van der Waals surface area (Å²) in [6.45, 7) is 2.71. The second-order valence-electron chi connectivity index (χ2n) is 6.42. The van der Waals surface area contributed by atoms with E-state index in [-0.39, 0.29) is 17.0 Å². The van der Waals surface area contributed by atoms with Crippen LogP contribution < -0.4 is 10.6 Å². The number of para-hydroxylation sites is 1. The molecule has 0 saturated heterocycles. The van der Waals surface area contributed by atoms with E-state index in [9.17, 15) is 27.9 Å². The standard InChI is InChI=1S/C19H16F3N3O3/c1-18(2,25-16(27)13-5-3-4-6-15(13)26)17(28)24-12-8-7-11(10-23)14(9-12)19(20,21)22/h3-9,26H,1-2H3,(H,24,28)(H,25,27). The largest absolute Gasteiger partial charge is 0.507 e. The van der Waals surface area contributed by atoms with Crippen LogP contribution in [0.1, 0.15) is 35.3 Å². The van der Waals surface area contributed by atoms with E-state index in [4.69, 9.17) is 5.26 Å². The minimum absolute atomic E-state index is 0.0545. The van der Waals surface area contributed by atoms with Crippen molar-refractivity contribution in [1.82, 2.24) is 5.32 Å². The SMILES string of the molecule is CC(C)(NC(=O)c1ccccc1O)C(=O)Nc1ccc(C#N)c(C(F)(F)F)c1. The fraction of sp³-hybridized carbons (Fsp3) is 0.211. The van der Waals surface area contributed by atoms with Crippen molar-refractivity contribution in [2.24, 2.45) is 0 Å². The second-order valence-corrected chi connectivity index (χ2v) is 6.42. The van der Waals surface area contributed by atoms with Gasteiger partial charge in [-0.15, -0.1) is 0 Å². The first-order valence-corrected chi connectivity index (χ1v) is 7.99. The zero-order valence-electron chi connectivity index (χ0n) is 14.9. The predicted octanol–water partition coefficient (Wildman–Crippen LogP) is 3.43. The number of benzene rings is 2. The highest BCUT2D eigenvalue weighted by atomic mass is 19.4. The highest BCUT2D eigenvalue weighted by Gasteiger charge is 2.35. The van der Waals surface area contributed by atoms with Crippen molar-refractivity contribution in [2.45, 2.75) is 25.6 Å². The van der Waals surface area contributed by atoms with E-state index in [0.29, 0.717) is 6.07 Å². The van der Waals surface area contributed by atoms with Gasteiger partial charge in [0.25, 0.3) is 5.91 Å². The van der Waals surface area contributed by atoms with Crippen LogP contribution in [0.15, 0.2) is 42.5 Å². The van der Waals surface area contributed by atoms with Crippen LogP contribution in [-0.4, -0.2) is 22.5 Å². The Kier molecular flexibility index (Phi) is 5.64. The lowest BCUT2D eigenvalue weighted by atomic mass is 10.0. The molecule has 0 fully saturated rings. The van der Waals surface area contributed by atoms with Crippen molar-refractivity contribution in [3.05, 3.63) is 59.2 Å². The van der Waals surface area contributed by atoms with Gasteiger partial charge < -0.3 is 15.7 Å². The first-order chi connectivity index (χ1) is 13.0. The van der Waals surface area contributed by atoms with Crippen LogP contribution in [0.5, 0.6) is 5.75 Å². The molecule has 2 rings (SSSR count). The summed E-state index contributed by atoms with van der Waals surface area (Å²) in [6.07, 6.45) is -4.76. The molecule has 0 aliphatic heterocycles. The number of halogens is 3. The van der Waals surface area contributed by atoms with Gasteiger partial charge in [-0.3, -0.25) is 9.59 Å². The molecule has 0 spiro atoms. The molecule has 0 atom stereocenters. The normalized spacial score (nSPS) is 11.4. The third-order valence-corrected chi connectivity index (χ3v) is 3.85. The van der Waals surface area contributed by atoms with Crippen molar-refractivity contribution in [3.63, 3.8) is 0 Å². The number of nitrogens with one attached hydrogen (secondary N) is 2. The summed E-state index contributed by atoms with van der Waals surface area (Å²) in [5.41, 5.74) is -3.49.